The van der Waals surface area contributed by atoms with Gasteiger partial charge in [0.15, 0.2) is 0 Å². The molecule has 1 aromatic carbocycles. The molecule has 1 rings (SSSR count). The van der Waals surface area contributed by atoms with Gasteiger partial charge in [-0.15, -0.1) is 0 Å². The van der Waals surface area contributed by atoms with Gasteiger partial charge in [0.1, 0.15) is 0 Å². The third kappa shape index (κ3) is 3.65. The van der Waals surface area contributed by atoms with E-state index in [1.807, 2.05) is 38.1 Å². The van der Waals surface area contributed by atoms with Crippen LogP contribution < -0.4 is 0 Å². The van der Waals surface area contributed by atoms with E-state index in [2.05, 4.69) is 0 Å². The lowest BCUT2D eigenvalue weighted by molar-refractivity contribution is 0.0849. The Morgan fingerprint density at radius 1 is 1.27 bits per heavy atom. The van der Waals surface area contributed by atoms with Gasteiger partial charge in [-0.2, -0.15) is 0 Å². The lowest BCUT2D eigenvalue weighted by Gasteiger charge is -2.15. The Balaban J connectivity index is 2.54. The minimum Gasteiger partial charge on any atom is -0.388 e. The Labute approximate surface area is 91.9 Å². The molecule has 0 spiro atoms. The highest BCUT2D eigenvalue weighted by Gasteiger charge is 2.11. The number of aliphatic hydroxyl groups excluding tert-OH is 1. The molecule has 1 aromatic rings. The summed E-state index contributed by atoms with van der Waals surface area (Å²) in [5.74, 6) is 0. The van der Waals surface area contributed by atoms with Crippen molar-refractivity contribution < 1.29 is 9.84 Å². The van der Waals surface area contributed by atoms with Gasteiger partial charge in [-0.3, -0.25) is 0 Å². The molecule has 2 atom stereocenters. The second-order valence-corrected chi connectivity index (χ2v) is 4.00. The van der Waals surface area contributed by atoms with Crippen LogP contribution in [0.4, 0.5) is 0 Å². The van der Waals surface area contributed by atoms with E-state index >= 15 is 0 Å². The smallest absolute Gasteiger partial charge is 0.0793 e. The van der Waals surface area contributed by atoms with Gasteiger partial charge in [-0.05, 0) is 37.8 Å². The molecule has 1 N–H and O–H groups in total. The SMILES string of the molecule is COC(C)CCC(O)c1ccccc1C. The monoisotopic (exact) mass is 208 g/mol. The second kappa shape index (κ2) is 5.89. The van der Waals surface area contributed by atoms with E-state index in [-0.39, 0.29) is 12.2 Å². The van der Waals surface area contributed by atoms with Crippen LogP contribution >= 0.6 is 0 Å². The van der Waals surface area contributed by atoms with E-state index in [4.69, 9.17) is 4.74 Å². The van der Waals surface area contributed by atoms with Crippen LogP contribution in [0.15, 0.2) is 24.3 Å². The first-order chi connectivity index (χ1) is 7.15. The van der Waals surface area contributed by atoms with Crippen LogP contribution in [-0.2, 0) is 4.74 Å². The zero-order valence-electron chi connectivity index (χ0n) is 9.73. The molecule has 0 saturated heterocycles. The fourth-order valence-corrected chi connectivity index (χ4v) is 1.63. The summed E-state index contributed by atoms with van der Waals surface area (Å²) in [5.41, 5.74) is 2.18. The normalized spacial score (nSPS) is 14.9. The molecule has 84 valence electrons. The largest absolute Gasteiger partial charge is 0.388 e. The van der Waals surface area contributed by atoms with Crippen molar-refractivity contribution in [3.05, 3.63) is 35.4 Å². The van der Waals surface area contributed by atoms with Crippen LogP contribution in [0.5, 0.6) is 0 Å². The van der Waals surface area contributed by atoms with Crippen LogP contribution in [0, 0.1) is 6.92 Å². The van der Waals surface area contributed by atoms with E-state index in [1.165, 1.54) is 0 Å². The molecule has 0 aromatic heterocycles. The summed E-state index contributed by atoms with van der Waals surface area (Å²) < 4.78 is 5.16. The quantitative estimate of drug-likeness (QED) is 0.806. The first kappa shape index (κ1) is 12.2. The predicted molar refractivity (Wildman–Crippen MR) is 61.8 cm³/mol. The minimum atomic E-state index is -0.371. The fraction of sp³-hybridized carbons (Fsp3) is 0.538. The Morgan fingerprint density at radius 2 is 1.93 bits per heavy atom. The summed E-state index contributed by atoms with van der Waals surface area (Å²) in [6.45, 7) is 4.04. The second-order valence-electron chi connectivity index (χ2n) is 4.00. The lowest BCUT2D eigenvalue weighted by Crippen LogP contribution is -2.08. The summed E-state index contributed by atoms with van der Waals surface area (Å²) in [5, 5.41) is 9.99. The maximum atomic E-state index is 9.99. The number of benzene rings is 1. The first-order valence-corrected chi connectivity index (χ1v) is 5.41. The van der Waals surface area contributed by atoms with Crippen molar-refractivity contribution in [2.45, 2.75) is 38.9 Å². The Morgan fingerprint density at radius 3 is 2.53 bits per heavy atom. The molecular formula is C13H20O2. The molecule has 0 saturated carbocycles. The molecule has 0 aliphatic rings. The van der Waals surface area contributed by atoms with Crippen molar-refractivity contribution in [2.24, 2.45) is 0 Å². The van der Waals surface area contributed by atoms with Crippen LogP contribution in [-0.4, -0.2) is 18.3 Å². The summed E-state index contributed by atoms with van der Waals surface area (Å²) in [6.07, 6.45) is 1.47. The Bertz CT molecular complexity index is 296. The van der Waals surface area contributed by atoms with Gasteiger partial charge in [-0.25, -0.2) is 0 Å². The number of rotatable bonds is 5. The standard InChI is InChI=1S/C13H20O2/c1-10-6-4-5-7-12(10)13(14)9-8-11(2)15-3/h4-7,11,13-14H,8-9H2,1-3H3. The highest BCUT2D eigenvalue weighted by atomic mass is 16.5. The molecule has 2 nitrogen and oxygen atoms in total. The van der Waals surface area contributed by atoms with Crippen LogP contribution in [0.25, 0.3) is 0 Å². The van der Waals surface area contributed by atoms with Gasteiger partial charge in [0.2, 0.25) is 0 Å². The summed E-state index contributed by atoms with van der Waals surface area (Å²) in [6, 6.07) is 7.96. The van der Waals surface area contributed by atoms with Gasteiger partial charge in [-0.1, -0.05) is 24.3 Å². The van der Waals surface area contributed by atoms with E-state index in [1.54, 1.807) is 7.11 Å². The summed E-state index contributed by atoms with van der Waals surface area (Å²) in [4.78, 5) is 0. The average molecular weight is 208 g/mol. The van der Waals surface area contributed by atoms with Crippen molar-refractivity contribution >= 4 is 0 Å². The minimum absolute atomic E-state index is 0.212. The van der Waals surface area contributed by atoms with Gasteiger partial charge < -0.3 is 9.84 Å². The maximum absolute atomic E-state index is 9.99. The molecule has 0 amide bonds. The molecule has 2 unspecified atom stereocenters. The van der Waals surface area contributed by atoms with E-state index in [0.29, 0.717) is 0 Å². The van der Waals surface area contributed by atoms with Gasteiger partial charge in [0.05, 0.1) is 12.2 Å². The molecule has 0 aliphatic carbocycles. The molecular weight excluding hydrogens is 188 g/mol. The number of hydrogen-bond donors (Lipinski definition) is 1. The number of methoxy groups -OCH3 is 1. The highest BCUT2D eigenvalue weighted by molar-refractivity contribution is 5.27. The molecule has 0 heterocycles. The molecule has 2 heteroatoms. The van der Waals surface area contributed by atoms with Crippen molar-refractivity contribution in [2.75, 3.05) is 7.11 Å². The van der Waals surface area contributed by atoms with Gasteiger partial charge >= 0.3 is 0 Å². The van der Waals surface area contributed by atoms with Crippen molar-refractivity contribution in [3.8, 4) is 0 Å². The zero-order chi connectivity index (χ0) is 11.3. The third-order valence-corrected chi connectivity index (χ3v) is 2.80. The number of aryl methyl sites for hydroxylation is 1. The molecule has 0 radical (unpaired) electrons. The third-order valence-electron chi connectivity index (χ3n) is 2.80. The Hall–Kier alpha value is -0.860. The topological polar surface area (TPSA) is 29.5 Å². The average Bonchev–Trinajstić information content (AvgIpc) is 2.26. The highest BCUT2D eigenvalue weighted by Crippen LogP contribution is 2.22. The fourth-order valence-electron chi connectivity index (χ4n) is 1.63. The predicted octanol–water partition coefficient (Wildman–Crippen LogP) is 2.84. The molecule has 15 heavy (non-hydrogen) atoms. The van der Waals surface area contributed by atoms with E-state index < -0.39 is 0 Å². The van der Waals surface area contributed by atoms with Crippen LogP contribution in [0.1, 0.15) is 37.0 Å². The lowest BCUT2D eigenvalue weighted by atomic mass is 9.99. The van der Waals surface area contributed by atoms with E-state index in [9.17, 15) is 5.11 Å². The molecule has 0 aliphatic heterocycles. The van der Waals surface area contributed by atoms with Gasteiger partial charge in [0, 0.05) is 7.11 Å². The van der Waals surface area contributed by atoms with Crippen molar-refractivity contribution in [3.63, 3.8) is 0 Å². The zero-order valence-corrected chi connectivity index (χ0v) is 9.73. The molecule has 0 bridgehead atoms. The first-order valence-electron chi connectivity index (χ1n) is 5.41. The summed E-state index contributed by atoms with van der Waals surface area (Å²) in [7, 11) is 1.70. The maximum Gasteiger partial charge on any atom is 0.0793 e. The molecule has 0 fully saturated rings. The van der Waals surface area contributed by atoms with E-state index in [0.717, 1.165) is 24.0 Å². The number of aliphatic hydroxyl groups is 1. The number of ether oxygens (including phenoxy) is 1. The van der Waals surface area contributed by atoms with Crippen LogP contribution in [0.3, 0.4) is 0 Å². The summed E-state index contributed by atoms with van der Waals surface area (Å²) >= 11 is 0. The Kier molecular flexibility index (Phi) is 4.79. The van der Waals surface area contributed by atoms with Crippen LogP contribution in [0.2, 0.25) is 0 Å². The van der Waals surface area contributed by atoms with Crippen molar-refractivity contribution in [1.29, 1.82) is 0 Å². The van der Waals surface area contributed by atoms with Gasteiger partial charge in [0.25, 0.3) is 0 Å². The number of hydrogen-bond acceptors (Lipinski definition) is 2. The van der Waals surface area contributed by atoms with Crippen molar-refractivity contribution in [1.82, 2.24) is 0 Å².